The van der Waals surface area contributed by atoms with Crippen molar-refractivity contribution in [2.75, 3.05) is 18.4 Å². The number of anilines is 1. The summed E-state index contributed by atoms with van der Waals surface area (Å²) in [6.45, 7) is 4.21. The van der Waals surface area contributed by atoms with Crippen LogP contribution in [0.25, 0.3) is 0 Å². The van der Waals surface area contributed by atoms with E-state index in [-0.39, 0.29) is 11.6 Å². The van der Waals surface area contributed by atoms with Crippen LogP contribution in [0, 0.1) is 0 Å². The average molecular weight is 412 g/mol. The molecule has 0 bridgehead atoms. The molecule has 0 atom stereocenters. The Morgan fingerprint density at radius 3 is 2.66 bits per heavy atom. The lowest BCUT2D eigenvalue weighted by molar-refractivity contribution is 0.0795. The molecule has 1 saturated heterocycles. The number of hydrogen-bond acceptors (Lipinski definition) is 5. The first-order valence-electron chi connectivity index (χ1n) is 10.9. The van der Waals surface area contributed by atoms with Crippen LogP contribution in [0.1, 0.15) is 67.8 Å². The molecule has 1 saturated carbocycles. The Labute approximate surface area is 176 Å². The van der Waals surface area contributed by atoms with E-state index in [0.717, 1.165) is 43.9 Å². The van der Waals surface area contributed by atoms with Gasteiger partial charge in [0.1, 0.15) is 10.8 Å². The van der Waals surface area contributed by atoms with Crippen LogP contribution in [0.2, 0.25) is 0 Å². The zero-order chi connectivity index (χ0) is 19.8. The topological polar surface area (TPSA) is 70.2 Å². The number of piperidine rings is 1. The van der Waals surface area contributed by atoms with Gasteiger partial charge in [-0.2, -0.15) is 4.37 Å². The normalized spacial score (nSPS) is 26.6. The fourth-order valence-corrected chi connectivity index (χ4v) is 6.28. The molecule has 2 amide bonds. The van der Waals surface area contributed by atoms with Crippen molar-refractivity contribution in [3.63, 3.8) is 0 Å². The molecular weight excluding hydrogens is 382 g/mol. The number of para-hydroxylation sites is 1. The van der Waals surface area contributed by atoms with Gasteiger partial charge in [-0.25, -0.2) is 9.78 Å². The molecule has 154 valence electrons. The van der Waals surface area contributed by atoms with E-state index in [0.29, 0.717) is 12.0 Å². The van der Waals surface area contributed by atoms with E-state index in [1.54, 1.807) is 11.5 Å². The van der Waals surface area contributed by atoms with Gasteiger partial charge in [0.05, 0.1) is 5.54 Å². The number of benzene rings is 1. The molecule has 0 radical (unpaired) electrons. The summed E-state index contributed by atoms with van der Waals surface area (Å²) in [6.07, 6.45) is 7.80. The number of hydrogen-bond donors (Lipinski definition) is 2. The number of amides is 2. The number of urea groups is 1. The number of nitrogens with one attached hydrogen (secondary N) is 2. The molecule has 2 aromatic rings. The highest BCUT2D eigenvalue weighted by atomic mass is 32.1. The molecule has 1 aromatic heterocycles. The van der Waals surface area contributed by atoms with Crippen molar-refractivity contribution < 1.29 is 4.79 Å². The quantitative estimate of drug-likeness (QED) is 0.792. The van der Waals surface area contributed by atoms with Crippen molar-refractivity contribution >= 4 is 23.3 Å². The Balaban J connectivity index is 1.21. The van der Waals surface area contributed by atoms with Crippen LogP contribution in [0.15, 0.2) is 24.3 Å². The summed E-state index contributed by atoms with van der Waals surface area (Å²) in [5.41, 5.74) is 2.00. The summed E-state index contributed by atoms with van der Waals surface area (Å²) in [7, 11) is 0. The Kier molecular flexibility index (Phi) is 5.04. The third-order valence-electron chi connectivity index (χ3n) is 7.06. The molecule has 6 nitrogen and oxygen atoms in total. The van der Waals surface area contributed by atoms with Crippen molar-refractivity contribution in [3.8, 4) is 0 Å². The lowest BCUT2D eigenvalue weighted by atomic mass is 9.77. The first kappa shape index (κ1) is 19.0. The molecule has 1 aliphatic carbocycles. The summed E-state index contributed by atoms with van der Waals surface area (Å²) >= 11 is 1.60. The molecule has 2 fully saturated rings. The van der Waals surface area contributed by atoms with E-state index in [1.165, 1.54) is 36.3 Å². The van der Waals surface area contributed by atoms with E-state index in [9.17, 15) is 4.79 Å². The van der Waals surface area contributed by atoms with Gasteiger partial charge in [-0.3, -0.25) is 0 Å². The Bertz CT molecular complexity index is 881. The molecular formula is C22H29N5OS. The second kappa shape index (κ2) is 7.69. The lowest BCUT2D eigenvalue weighted by Gasteiger charge is -2.48. The summed E-state index contributed by atoms with van der Waals surface area (Å²) in [5.74, 6) is 1.59. The second-order valence-electron chi connectivity index (χ2n) is 8.65. The monoisotopic (exact) mass is 411 g/mol. The maximum Gasteiger partial charge on any atom is 0.319 e. The first-order chi connectivity index (χ1) is 14.2. The third kappa shape index (κ3) is 3.55. The SMILES string of the molecule is CCc1nsc(C2CCC(N3CCC4(CC3)NC(=O)Nc3ccccc34)CC2)n1. The number of likely N-dealkylation sites (tertiary alicyclic amines) is 1. The summed E-state index contributed by atoms with van der Waals surface area (Å²) in [6, 6.07) is 8.84. The minimum absolute atomic E-state index is 0.0684. The molecule has 1 aromatic carbocycles. The van der Waals surface area contributed by atoms with Crippen molar-refractivity contribution in [3.05, 3.63) is 40.7 Å². The van der Waals surface area contributed by atoms with Gasteiger partial charge in [-0.05, 0) is 56.1 Å². The van der Waals surface area contributed by atoms with Crippen molar-refractivity contribution in [2.24, 2.45) is 0 Å². The van der Waals surface area contributed by atoms with Gasteiger partial charge >= 0.3 is 6.03 Å². The maximum absolute atomic E-state index is 12.2. The Hall–Kier alpha value is -1.99. The van der Waals surface area contributed by atoms with E-state index in [1.807, 2.05) is 12.1 Å². The molecule has 5 rings (SSSR count). The number of fused-ring (bicyclic) bond motifs is 2. The predicted octanol–water partition coefficient (Wildman–Crippen LogP) is 4.25. The smallest absolute Gasteiger partial charge is 0.319 e. The summed E-state index contributed by atoms with van der Waals surface area (Å²) in [4.78, 5) is 19.6. The fraction of sp³-hybridized carbons (Fsp3) is 0.591. The van der Waals surface area contributed by atoms with Gasteiger partial charge in [0.2, 0.25) is 0 Å². The lowest BCUT2D eigenvalue weighted by Crippen LogP contribution is -2.58. The van der Waals surface area contributed by atoms with Gasteiger partial charge in [-0.1, -0.05) is 25.1 Å². The molecule has 7 heteroatoms. The van der Waals surface area contributed by atoms with Crippen molar-refractivity contribution in [1.29, 1.82) is 0 Å². The molecule has 29 heavy (non-hydrogen) atoms. The average Bonchev–Trinajstić information content (AvgIpc) is 3.24. The van der Waals surface area contributed by atoms with E-state index >= 15 is 0 Å². The van der Waals surface area contributed by atoms with Gasteiger partial charge in [0, 0.05) is 42.7 Å². The van der Waals surface area contributed by atoms with Crippen LogP contribution >= 0.6 is 11.5 Å². The minimum atomic E-state index is -0.213. The van der Waals surface area contributed by atoms with Crippen molar-refractivity contribution in [1.82, 2.24) is 19.6 Å². The number of aromatic nitrogens is 2. The van der Waals surface area contributed by atoms with Gasteiger partial charge in [-0.15, -0.1) is 0 Å². The summed E-state index contributed by atoms with van der Waals surface area (Å²) < 4.78 is 4.47. The van der Waals surface area contributed by atoms with E-state index in [2.05, 4.69) is 39.0 Å². The molecule has 1 spiro atoms. The Morgan fingerprint density at radius 1 is 1.17 bits per heavy atom. The molecule has 3 aliphatic rings. The second-order valence-corrected chi connectivity index (χ2v) is 9.43. The zero-order valence-corrected chi connectivity index (χ0v) is 17.8. The minimum Gasteiger partial charge on any atom is -0.328 e. The number of aryl methyl sites for hydroxylation is 1. The molecule has 3 heterocycles. The fourth-order valence-electron chi connectivity index (χ4n) is 5.38. The maximum atomic E-state index is 12.2. The number of carbonyl (C=O) groups is 1. The zero-order valence-electron chi connectivity index (χ0n) is 17.0. The van der Waals surface area contributed by atoms with Crippen LogP contribution in [-0.4, -0.2) is 39.4 Å². The number of carbonyl (C=O) groups excluding carboxylic acids is 1. The highest BCUT2D eigenvalue weighted by molar-refractivity contribution is 7.05. The van der Waals surface area contributed by atoms with Crippen LogP contribution in [0.3, 0.4) is 0 Å². The summed E-state index contributed by atoms with van der Waals surface area (Å²) in [5, 5.41) is 7.46. The van der Waals surface area contributed by atoms with Gasteiger partial charge in [0.25, 0.3) is 0 Å². The van der Waals surface area contributed by atoms with Crippen LogP contribution in [0.5, 0.6) is 0 Å². The highest BCUT2D eigenvalue weighted by Gasteiger charge is 2.43. The van der Waals surface area contributed by atoms with Crippen LogP contribution in [0.4, 0.5) is 10.5 Å². The number of rotatable bonds is 3. The largest absolute Gasteiger partial charge is 0.328 e. The van der Waals surface area contributed by atoms with Gasteiger partial charge < -0.3 is 15.5 Å². The third-order valence-corrected chi connectivity index (χ3v) is 7.97. The van der Waals surface area contributed by atoms with E-state index in [4.69, 9.17) is 4.98 Å². The van der Waals surface area contributed by atoms with E-state index < -0.39 is 0 Å². The van der Waals surface area contributed by atoms with Gasteiger partial charge in [0.15, 0.2) is 0 Å². The first-order valence-corrected chi connectivity index (χ1v) is 11.7. The molecule has 0 unspecified atom stereocenters. The highest BCUT2D eigenvalue weighted by Crippen LogP contribution is 2.42. The van der Waals surface area contributed by atoms with Crippen LogP contribution in [-0.2, 0) is 12.0 Å². The molecule has 2 N–H and O–H groups in total. The standard InChI is InChI=1S/C22H29N5OS/c1-2-19-24-20(29-26-19)15-7-9-16(10-8-15)27-13-11-22(12-14-27)17-5-3-4-6-18(17)23-21(28)25-22/h3-6,15-16H,2,7-14H2,1H3,(H2,23,25,28). The predicted molar refractivity (Wildman–Crippen MR) is 115 cm³/mol. The molecule has 2 aliphatic heterocycles. The van der Waals surface area contributed by atoms with Crippen LogP contribution < -0.4 is 10.6 Å². The Morgan fingerprint density at radius 2 is 1.93 bits per heavy atom. The number of nitrogens with zero attached hydrogens (tertiary/aromatic N) is 3. The van der Waals surface area contributed by atoms with Crippen molar-refractivity contribution in [2.45, 2.75) is 69.4 Å².